The van der Waals surface area contributed by atoms with Gasteiger partial charge < -0.3 is 15.1 Å². The number of sulfone groups is 1. The SMILES string of the molecule is Cc1ccc(NC(=O)N2CCC3(CC2)CCN(C(=O)c2ccc(S(C)(=O)=O)s2)C3)c(C)c1. The van der Waals surface area contributed by atoms with E-state index in [0.29, 0.717) is 31.1 Å². The zero-order valence-corrected chi connectivity index (χ0v) is 20.3. The van der Waals surface area contributed by atoms with Gasteiger partial charge in [-0.05, 0) is 62.3 Å². The van der Waals surface area contributed by atoms with E-state index < -0.39 is 9.84 Å². The van der Waals surface area contributed by atoms with Gasteiger partial charge in [0.15, 0.2) is 9.84 Å². The fourth-order valence-electron chi connectivity index (χ4n) is 4.64. The number of urea groups is 1. The molecule has 0 unspecified atom stereocenters. The molecule has 0 aliphatic carbocycles. The number of nitrogens with zero attached hydrogens (tertiary/aromatic N) is 2. The first kappa shape index (κ1) is 22.8. The Hall–Kier alpha value is -2.39. The molecule has 3 amide bonds. The molecule has 7 nitrogen and oxygen atoms in total. The number of hydrogen-bond donors (Lipinski definition) is 1. The maximum Gasteiger partial charge on any atom is 0.321 e. The molecule has 0 radical (unpaired) electrons. The van der Waals surface area contributed by atoms with Crippen LogP contribution in [0, 0.1) is 19.3 Å². The second-order valence-electron chi connectivity index (χ2n) is 9.10. The molecule has 2 aromatic rings. The standard InChI is InChI=1S/C23H29N3O4S2/c1-16-4-5-18(17(2)14-16)24-22(28)25-11-8-23(9-12-25)10-13-26(15-23)21(27)19-6-7-20(31-19)32(3,29)30/h4-7,14H,8-13,15H2,1-3H3,(H,24,28). The number of aryl methyl sites for hydroxylation is 2. The quantitative estimate of drug-likeness (QED) is 0.729. The van der Waals surface area contributed by atoms with Gasteiger partial charge in [-0.2, -0.15) is 0 Å². The van der Waals surface area contributed by atoms with Crippen LogP contribution in [-0.4, -0.2) is 62.6 Å². The number of rotatable bonds is 3. The molecule has 9 heteroatoms. The van der Waals surface area contributed by atoms with E-state index in [-0.39, 0.29) is 21.6 Å². The summed E-state index contributed by atoms with van der Waals surface area (Å²) in [5, 5.41) is 3.02. The van der Waals surface area contributed by atoms with Gasteiger partial charge in [0, 0.05) is 38.1 Å². The van der Waals surface area contributed by atoms with Gasteiger partial charge in [0.05, 0.1) is 4.88 Å². The molecule has 2 aliphatic rings. The van der Waals surface area contributed by atoms with Gasteiger partial charge in [-0.3, -0.25) is 4.79 Å². The lowest BCUT2D eigenvalue weighted by Gasteiger charge is -2.39. The van der Waals surface area contributed by atoms with Crippen molar-refractivity contribution in [2.45, 2.75) is 37.3 Å². The number of carbonyl (C=O) groups excluding carboxylic acids is 2. The highest BCUT2D eigenvalue weighted by Crippen LogP contribution is 2.41. The molecular formula is C23H29N3O4S2. The molecule has 2 aliphatic heterocycles. The highest BCUT2D eigenvalue weighted by molar-refractivity contribution is 7.92. The molecule has 1 aromatic heterocycles. The second kappa shape index (κ2) is 8.51. The topological polar surface area (TPSA) is 86.8 Å². The smallest absolute Gasteiger partial charge is 0.321 e. The number of hydrogen-bond acceptors (Lipinski definition) is 5. The van der Waals surface area contributed by atoms with Crippen molar-refractivity contribution in [3.8, 4) is 0 Å². The second-order valence-corrected chi connectivity index (χ2v) is 12.4. The van der Waals surface area contributed by atoms with E-state index in [1.54, 1.807) is 6.07 Å². The predicted octanol–water partition coefficient (Wildman–Crippen LogP) is 3.93. The molecule has 2 fully saturated rings. The van der Waals surface area contributed by atoms with Gasteiger partial charge in [0.1, 0.15) is 4.21 Å². The van der Waals surface area contributed by atoms with Crippen molar-refractivity contribution < 1.29 is 18.0 Å². The lowest BCUT2D eigenvalue weighted by Crippen LogP contribution is -2.46. The fraction of sp³-hybridized carbons (Fsp3) is 0.478. The van der Waals surface area contributed by atoms with Gasteiger partial charge in [-0.1, -0.05) is 17.7 Å². The number of amides is 3. The van der Waals surface area contributed by atoms with Crippen molar-refractivity contribution in [2.75, 3.05) is 37.8 Å². The first-order valence-electron chi connectivity index (χ1n) is 10.8. The van der Waals surface area contributed by atoms with Crippen molar-refractivity contribution >= 4 is 38.8 Å². The Labute approximate surface area is 193 Å². The number of thiophene rings is 1. The Kier molecular flexibility index (Phi) is 6.06. The summed E-state index contributed by atoms with van der Waals surface area (Å²) in [4.78, 5) is 29.8. The van der Waals surface area contributed by atoms with Gasteiger partial charge >= 0.3 is 6.03 Å². The lowest BCUT2D eigenvalue weighted by molar-refractivity contribution is 0.0744. The summed E-state index contributed by atoms with van der Waals surface area (Å²) in [5.74, 6) is -0.100. The average molecular weight is 476 g/mol. The summed E-state index contributed by atoms with van der Waals surface area (Å²) in [5.41, 5.74) is 3.08. The minimum atomic E-state index is -3.30. The minimum absolute atomic E-state index is 0.0309. The van der Waals surface area contributed by atoms with Crippen LogP contribution >= 0.6 is 11.3 Å². The first-order valence-corrected chi connectivity index (χ1v) is 13.5. The lowest BCUT2D eigenvalue weighted by atomic mass is 9.78. The number of piperidine rings is 1. The third-order valence-corrected chi connectivity index (χ3v) is 9.51. The van der Waals surface area contributed by atoms with Crippen molar-refractivity contribution in [2.24, 2.45) is 5.41 Å². The van der Waals surface area contributed by atoms with Crippen LogP contribution in [0.5, 0.6) is 0 Å². The van der Waals surface area contributed by atoms with Crippen LogP contribution in [0.15, 0.2) is 34.5 Å². The summed E-state index contributed by atoms with van der Waals surface area (Å²) in [6.45, 7) is 6.67. The summed E-state index contributed by atoms with van der Waals surface area (Å²) in [6, 6.07) is 9.01. The number of carbonyl (C=O) groups is 2. The molecule has 3 heterocycles. The summed E-state index contributed by atoms with van der Waals surface area (Å²) < 4.78 is 23.7. The number of anilines is 1. The van der Waals surface area contributed by atoms with E-state index in [1.807, 2.05) is 35.8 Å². The molecule has 32 heavy (non-hydrogen) atoms. The van der Waals surface area contributed by atoms with Crippen LogP contribution in [0.3, 0.4) is 0 Å². The molecule has 172 valence electrons. The van der Waals surface area contributed by atoms with Crippen molar-refractivity contribution in [3.05, 3.63) is 46.3 Å². The Bertz CT molecular complexity index is 1150. The van der Waals surface area contributed by atoms with E-state index in [4.69, 9.17) is 0 Å². The van der Waals surface area contributed by atoms with Gasteiger partial charge in [0.2, 0.25) is 0 Å². The van der Waals surface area contributed by atoms with E-state index in [9.17, 15) is 18.0 Å². The van der Waals surface area contributed by atoms with E-state index >= 15 is 0 Å². The van der Waals surface area contributed by atoms with Crippen LogP contribution in [0.25, 0.3) is 0 Å². The van der Waals surface area contributed by atoms with Crippen molar-refractivity contribution in [3.63, 3.8) is 0 Å². The largest absolute Gasteiger partial charge is 0.337 e. The van der Waals surface area contributed by atoms with Gasteiger partial charge in [-0.15, -0.1) is 11.3 Å². The van der Waals surface area contributed by atoms with E-state index in [1.165, 1.54) is 6.07 Å². The molecule has 0 atom stereocenters. The predicted molar refractivity (Wildman–Crippen MR) is 126 cm³/mol. The molecular weight excluding hydrogens is 446 g/mol. The van der Waals surface area contributed by atoms with Crippen LogP contribution in [-0.2, 0) is 9.84 Å². The Morgan fingerprint density at radius 1 is 1.00 bits per heavy atom. The maximum absolute atomic E-state index is 12.9. The van der Waals surface area contributed by atoms with Gasteiger partial charge in [-0.25, -0.2) is 13.2 Å². The minimum Gasteiger partial charge on any atom is -0.337 e. The molecule has 0 saturated carbocycles. The molecule has 2 saturated heterocycles. The molecule has 1 N–H and O–H groups in total. The van der Waals surface area contributed by atoms with E-state index in [0.717, 1.165) is 53.7 Å². The maximum atomic E-state index is 12.9. The highest BCUT2D eigenvalue weighted by Gasteiger charge is 2.43. The van der Waals surface area contributed by atoms with E-state index in [2.05, 4.69) is 11.4 Å². The summed E-state index contributed by atoms with van der Waals surface area (Å²) in [7, 11) is -3.30. The van der Waals surface area contributed by atoms with Crippen molar-refractivity contribution in [1.29, 1.82) is 0 Å². The summed E-state index contributed by atoms with van der Waals surface area (Å²) >= 11 is 1.04. The highest BCUT2D eigenvalue weighted by atomic mass is 32.2. The number of nitrogens with one attached hydrogen (secondary N) is 1. The fourth-order valence-corrected chi connectivity index (χ4v) is 6.53. The zero-order chi connectivity index (χ0) is 23.1. The molecule has 4 rings (SSSR count). The molecule has 1 spiro atoms. The zero-order valence-electron chi connectivity index (χ0n) is 18.7. The number of benzene rings is 1. The third kappa shape index (κ3) is 4.68. The first-order chi connectivity index (χ1) is 15.1. The third-order valence-electron chi connectivity index (χ3n) is 6.62. The number of likely N-dealkylation sites (tertiary alicyclic amines) is 2. The van der Waals surface area contributed by atoms with Crippen LogP contribution in [0.4, 0.5) is 10.5 Å². The van der Waals surface area contributed by atoms with Crippen molar-refractivity contribution in [1.82, 2.24) is 9.80 Å². The Morgan fingerprint density at radius 3 is 2.25 bits per heavy atom. The Balaban J connectivity index is 1.34. The molecule has 0 bridgehead atoms. The molecule has 1 aromatic carbocycles. The average Bonchev–Trinajstić information content (AvgIpc) is 3.38. The Morgan fingerprint density at radius 2 is 1.66 bits per heavy atom. The van der Waals surface area contributed by atoms with Gasteiger partial charge in [0.25, 0.3) is 5.91 Å². The van der Waals surface area contributed by atoms with Crippen LogP contribution in [0.2, 0.25) is 0 Å². The monoisotopic (exact) mass is 475 g/mol. The van der Waals surface area contributed by atoms with Crippen LogP contribution < -0.4 is 5.32 Å². The normalized spacial score (nSPS) is 18.2. The summed E-state index contributed by atoms with van der Waals surface area (Å²) in [6.07, 6.45) is 3.78. The van der Waals surface area contributed by atoms with Crippen LogP contribution in [0.1, 0.15) is 40.1 Å².